The zero-order valence-electron chi connectivity index (χ0n) is 9.08. The molecule has 0 atom stereocenters. The number of nitrogens with zero attached hydrogens (tertiary/aromatic N) is 2. The van der Waals surface area contributed by atoms with E-state index >= 15 is 0 Å². The number of hydrogen-bond acceptors (Lipinski definition) is 4. The summed E-state index contributed by atoms with van der Waals surface area (Å²) < 4.78 is 6.23. The minimum atomic E-state index is -1.23. The van der Waals surface area contributed by atoms with Gasteiger partial charge in [-0.25, -0.2) is 4.79 Å². The van der Waals surface area contributed by atoms with E-state index in [4.69, 9.17) is 9.63 Å². The molecule has 2 rings (SSSR count). The summed E-state index contributed by atoms with van der Waals surface area (Å²) in [6, 6.07) is 4.51. The Balaban J connectivity index is 2.49. The fourth-order valence-corrected chi connectivity index (χ4v) is 1.51. The molecule has 17 heavy (non-hydrogen) atoms. The van der Waals surface area contributed by atoms with Gasteiger partial charge in [0.1, 0.15) is 5.56 Å². The molecule has 0 aromatic carbocycles. The summed E-state index contributed by atoms with van der Waals surface area (Å²) in [5.41, 5.74) is -0.139. The third-order valence-corrected chi connectivity index (χ3v) is 2.43. The Morgan fingerprint density at radius 1 is 1.47 bits per heavy atom. The number of carboxylic acid groups (broad SMARTS) is 1. The van der Waals surface area contributed by atoms with Crippen LogP contribution in [-0.2, 0) is 6.54 Å². The first kappa shape index (κ1) is 11.1. The van der Waals surface area contributed by atoms with Gasteiger partial charge in [-0.1, -0.05) is 5.16 Å². The van der Waals surface area contributed by atoms with Crippen molar-refractivity contribution in [1.82, 2.24) is 9.72 Å². The van der Waals surface area contributed by atoms with Crippen LogP contribution in [0.5, 0.6) is 0 Å². The molecule has 0 aliphatic heterocycles. The molecule has 0 saturated carbocycles. The molecular weight excluding hydrogens is 224 g/mol. The number of rotatable bonds is 3. The smallest absolute Gasteiger partial charge is 0.341 e. The van der Waals surface area contributed by atoms with Crippen molar-refractivity contribution < 1.29 is 14.4 Å². The minimum absolute atomic E-state index is 0.172. The normalized spacial score (nSPS) is 10.4. The molecule has 0 fully saturated rings. The van der Waals surface area contributed by atoms with Crippen LogP contribution in [0.4, 0.5) is 0 Å². The van der Waals surface area contributed by atoms with E-state index in [0.717, 1.165) is 0 Å². The fourth-order valence-electron chi connectivity index (χ4n) is 1.51. The molecule has 0 aliphatic carbocycles. The second kappa shape index (κ2) is 4.25. The summed E-state index contributed by atoms with van der Waals surface area (Å²) in [5, 5.41) is 12.4. The largest absolute Gasteiger partial charge is 0.477 e. The molecule has 0 unspecified atom stereocenters. The van der Waals surface area contributed by atoms with E-state index in [1.807, 2.05) is 0 Å². The molecule has 0 radical (unpaired) electrons. The Labute approximate surface area is 96.1 Å². The van der Waals surface area contributed by atoms with Gasteiger partial charge < -0.3 is 14.2 Å². The average Bonchev–Trinajstić information content (AvgIpc) is 2.76. The summed E-state index contributed by atoms with van der Waals surface area (Å²) in [5.74, 6) is -0.737. The lowest BCUT2D eigenvalue weighted by Gasteiger charge is -2.08. The van der Waals surface area contributed by atoms with E-state index in [9.17, 15) is 9.59 Å². The molecule has 6 nitrogen and oxygen atoms in total. The molecule has 0 aliphatic rings. The highest BCUT2D eigenvalue weighted by molar-refractivity contribution is 5.87. The van der Waals surface area contributed by atoms with Crippen LogP contribution >= 0.6 is 0 Å². The van der Waals surface area contributed by atoms with Gasteiger partial charge in [0.25, 0.3) is 5.56 Å². The van der Waals surface area contributed by atoms with Crippen LogP contribution in [0.3, 0.4) is 0 Å². The first-order valence-corrected chi connectivity index (χ1v) is 4.93. The highest BCUT2D eigenvalue weighted by Gasteiger charge is 2.13. The standard InChI is InChI=1S/C11H10N2O4/c1-7-2-3-9(11(15)16)10(14)13(7)6-8-4-5-12-17-8/h2-5H,6H2,1H3,(H,15,16). The Morgan fingerprint density at radius 2 is 2.24 bits per heavy atom. The third kappa shape index (κ3) is 2.10. The van der Waals surface area contributed by atoms with Crippen LogP contribution in [0.2, 0.25) is 0 Å². The van der Waals surface area contributed by atoms with Crippen molar-refractivity contribution in [2.45, 2.75) is 13.5 Å². The predicted octanol–water partition coefficient (Wildman–Crippen LogP) is 0.891. The van der Waals surface area contributed by atoms with E-state index in [0.29, 0.717) is 11.5 Å². The third-order valence-electron chi connectivity index (χ3n) is 2.43. The first-order chi connectivity index (χ1) is 8.09. The fraction of sp³-hybridized carbons (Fsp3) is 0.182. The van der Waals surface area contributed by atoms with Gasteiger partial charge in [-0.05, 0) is 19.1 Å². The Kier molecular flexibility index (Phi) is 2.78. The maximum absolute atomic E-state index is 11.9. The summed E-state index contributed by atoms with van der Waals surface area (Å²) in [6.07, 6.45) is 1.47. The van der Waals surface area contributed by atoms with Gasteiger partial charge in [0.15, 0.2) is 5.76 Å². The van der Waals surface area contributed by atoms with Crippen LogP contribution in [0, 0.1) is 6.92 Å². The highest BCUT2D eigenvalue weighted by atomic mass is 16.5. The van der Waals surface area contributed by atoms with Crippen molar-refractivity contribution in [2.75, 3.05) is 0 Å². The van der Waals surface area contributed by atoms with Crippen LogP contribution < -0.4 is 5.56 Å². The van der Waals surface area contributed by atoms with Gasteiger partial charge >= 0.3 is 5.97 Å². The van der Waals surface area contributed by atoms with Gasteiger partial charge in [-0.15, -0.1) is 0 Å². The summed E-state index contributed by atoms with van der Waals surface area (Å²) in [6.45, 7) is 1.90. The number of carbonyl (C=O) groups is 1. The summed E-state index contributed by atoms with van der Waals surface area (Å²) in [4.78, 5) is 22.7. The number of pyridine rings is 1. The zero-order valence-corrected chi connectivity index (χ0v) is 9.08. The summed E-state index contributed by atoms with van der Waals surface area (Å²) in [7, 11) is 0. The van der Waals surface area contributed by atoms with E-state index in [1.54, 1.807) is 19.1 Å². The second-order valence-electron chi connectivity index (χ2n) is 3.56. The average molecular weight is 234 g/mol. The molecule has 1 N–H and O–H groups in total. The Hall–Kier alpha value is -2.37. The topological polar surface area (TPSA) is 85.3 Å². The maximum atomic E-state index is 11.9. The minimum Gasteiger partial charge on any atom is -0.477 e. The monoisotopic (exact) mass is 234 g/mol. The lowest BCUT2D eigenvalue weighted by atomic mass is 10.2. The first-order valence-electron chi connectivity index (χ1n) is 4.93. The molecule has 0 amide bonds. The SMILES string of the molecule is Cc1ccc(C(=O)O)c(=O)n1Cc1ccno1. The Morgan fingerprint density at radius 3 is 2.82 bits per heavy atom. The quantitative estimate of drug-likeness (QED) is 0.852. The van der Waals surface area contributed by atoms with Crippen LogP contribution in [-0.4, -0.2) is 20.8 Å². The van der Waals surface area contributed by atoms with Gasteiger partial charge in [-0.3, -0.25) is 4.79 Å². The molecule has 6 heteroatoms. The molecular formula is C11H10N2O4. The van der Waals surface area contributed by atoms with E-state index in [1.165, 1.54) is 16.8 Å². The number of aryl methyl sites for hydroxylation is 1. The molecule has 0 spiro atoms. The van der Waals surface area contributed by atoms with Crippen molar-refractivity contribution in [1.29, 1.82) is 0 Å². The molecule has 0 bridgehead atoms. The van der Waals surface area contributed by atoms with Crippen molar-refractivity contribution >= 4 is 5.97 Å². The molecule has 88 valence electrons. The van der Waals surface area contributed by atoms with E-state index in [-0.39, 0.29) is 12.1 Å². The highest BCUT2D eigenvalue weighted by Crippen LogP contribution is 2.04. The van der Waals surface area contributed by atoms with Crippen LogP contribution in [0.25, 0.3) is 0 Å². The van der Waals surface area contributed by atoms with Gasteiger partial charge in [-0.2, -0.15) is 0 Å². The predicted molar refractivity (Wildman–Crippen MR) is 58.0 cm³/mol. The lowest BCUT2D eigenvalue weighted by molar-refractivity contribution is 0.0694. The summed E-state index contributed by atoms with van der Waals surface area (Å²) >= 11 is 0. The lowest BCUT2D eigenvalue weighted by Crippen LogP contribution is -2.28. The molecule has 2 heterocycles. The zero-order chi connectivity index (χ0) is 12.4. The van der Waals surface area contributed by atoms with Crippen LogP contribution in [0.15, 0.2) is 33.7 Å². The maximum Gasteiger partial charge on any atom is 0.341 e. The number of aromatic carboxylic acids is 1. The van der Waals surface area contributed by atoms with E-state index in [2.05, 4.69) is 5.16 Å². The van der Waals surface area contributed by atoms with Crippen molar-refractivity contribution in [3.63, 3.8) is 0 Å². The van der Waals surface area contributed by atoms with Gasteiger partial charge in [0.2, 0.25) is 0 Å². The van der Waals surface area contributed by atoms with Gasteiger partial charge in [0, 0.05) is 11.8 Å². The Bertz CT molecular complexity index is 598. The molecule has 2 aromatic heterocycles. The van der Waals surface area contributed by atoms with Gasteiger partial charge in [0.05, 0.1) is 12.7 Å². The van der Waals surface area contributed by atoms with Crippen LogP contribution in [0.1, 0.15) is 21.8 Å². The van der Waals surface area contributed by atoms with E-state index < -0.39 is 11.5 Å². The number of hydrogen-bond donors (Lipinski definition) is 1. The molecule has 2 aromatic rings. The number of aromatic nitrogens is 2. The number of carboxylic acids is 1. The molecule has 0 saturated heterocycles. The van der Waals surface area contributed by atoms with Crippen molar-refractivity contribution in [3.8, 4) is 0 Å². The van der Waals surface area contributed by atoms with Crippen molar-refractivity contribution in [2.24, 2.45) is 0 Å². The second-order valence-corrected chi connectivity index (χ2v) is 3.56. The van der Waals surface area contributed by atoms with Crippen molar-refractivity contribution in [3.05, 3.63) is 51.8 Å².